The molecular weight excluding hydrogens is 168 g/mol. The van der Waals surface area contributed by atoms with Crippen LogP contribution in [0.4, 0.5) is 5.69 Å². The number of rotatable bonds is 2. The highest BCUT2D eigenvalue weighted by Gasteiger charge is 2.06. The van der Waals surface area contributed by atoms with E-state index in [1.54, 1.807) is 13.2 Å². The van der Waals surface area contributed by atoms with Gasteiger partial charge in [0.25, 0.3) is 0 Å². The summed E-state index contributed by atoms with van der Waals surface area (Å²) in [6, 6.07) is 5.46. The Morgan fingerprint density at radius 1 is 1.54 bits per heavy atom. The van der Waals surface area contributed by atoms with Gasteiger partial charge in [-0.15, -0.1) is 0 Å². The van der Waals surface area contributed by atoms with Gasteiger partial charge in [0.15, 0.2) is 5.58 Å². The van der Waals surface area contributed by atoms with E-state index in [2.05, 4.69) is 4.98 Å². The van der Waals surface area contributed by atoms with E-state index >= 15 is 0 Å². The lowest BCUT2D eigenvalue weighted by atomic mass is 10.3. The third-order valence-corrected chi connectivity index (χ3v) is 1.76. The minimum Gasteiger partial charge on any atom is -0.438 e. The molecular formula is C9H10N2O2. The van der Waals surface area contributed by atoms with Crippen molar-refractivity contribution in [3.05, 3.63) is 24.1 Å². The molecule has 0 radical (unpaired) electrons. The fourth-order valence-electron chi connectivity index (χ4n) is 1.20. The van der Waals surface area contributed by atoms with Crippen LogP contribution in [0.15, 0.2) is 22.6 Å². The summed E-state index contributed by atoms with van der Waals surface area (Å²) >= 11 is 0. The highest BCUT2D eigenvalue weighted by atomic mass is 16.5. The number of anilines is 1. The Morgan fingerprint density at radius 3 is 3.08 bits per heavy atom. The average Bonchev–Trinajstić information content (AvgIpc) is 2.49. The molecule has 1 heterocycles. The van der Waals surface area contributed by atoms with Crippen LogP contribution in [-0.4, -0.2) is 12.1 Å². The number of ether oxygens (including phenoxy) is 1. The van der Waals surface area contributed by atoms with E-state index in [0.717, 1.165) is 0 Å². The van der Waals surface area contributed by atoms with Gasteiger partial charge in [0.1, 0.15) is 12.1 Å². The SMILES string of the molecule is COCc1nc2c(N)cccc2o1. The number of hydrogen-bond donors (Lipinski definition) is 1. The molecule has 0 bridgehead atoms. The highest BCUT2D eigenvalue weighted by Crippen LogP contribution is 2.21. The summed E-state index contributed by atoms with van der Waals surface area (Å²) in [6.45, 7) is 0.369. The average molecular weight is 178 g/mol. The summed E-state index contributed by atoms with van der Waals surface area (Å²) in [6.07, 6.45) is 0. The third-order valence-electron chi connectivity index (χ3n) is 1.76. The molecule has 4 heteroatoms. The first-order valence-corrected chi connectivity index (χ1v) is 3.94. The number of nitrogens with zero attached hydrogens (tertiary/aromatic N) is 1. The molecule has 4 nitrogen and oxygen atoms in total. The summed E-state index contributed by atoms with van der Waals surface area (Å²) in [4.78, 5) is 4.19. The zero-order valence-corrected chi connectivity index (χ0v) is 7.28. The molecule has 0 aliphatic rings. The molecule has 0 spiro atoms. The lowest BCUT2D eigenvalue weighted by Gasteiger charge is -1.89. The third kappa shape index (κ3) is 1.36. The first-order valence-electron chi connectivity index (χ1n) is 3.94. The summed E-state index contributed by atoms with van der Waals surface area (Å²) in [5.74, 6) is 0.551. The molecule has 0 atom stereocenters. The number of nitrogens with two attached hydrogens (primary N) is 1. The molecule has 13 heavy (non-hydrogen) atoms. The molecule has 2 rings (SSSR count). The molecule has 1 aromatic heterocycles. The van der Waals surface area contributed by atoms with E-state index in [0.29, 0.717) is 29.3 Å². The van der Waals surface area contributed by atoms with Crippen LogP contribution < -0.4 is 5.73 Å². The van der Waals surface area contributed by atoms with Crippen molar-refractivity contribution >= 4 is 16.8 Å². The molecule has 0 amide bonds. The molecule has 0 fully saturated rings. The number of hydrogen-bond acceptors (Lipinski definition) is 4. The lowest BCUT2D eigenvalue weighted by Crippen LogP contribution is -1.87. The molecule has 0 aliphatic heterocycles. The Kier molecular flexibility index (Phi) is 1.90. The van der Waals surface area contributed by atoms with E-state index in [4.69, 9.17) is 14.9 Å². The molecule has 2 aromatic rings. The predicted octanol–water partition coefficient (Wildman–Crippen LogP) is 1.56. The molecule has 0 saturated heterocycles. The maximum Gasteiger partial charge on any atom is 0.221 e. The first-order chi connectivity index (χ1) is 6.31. The monoisotopic (exact) mass is 178 g/mol. The Hall–Kier alpha value is -1.55. The standard InChI is InChI=1S/C9H10N2O2/c1-12-5-8-11-9-6(10)3-2-4-7(9)13-8/h2-4H,5,10H2,1H3. The Bertz CT molecular complexity index is 422. The van der Waals surface area contributed by atoms with Gasteiger partial charge in [0.2, 0.25) is 5.89 Å². The van der Waals surface area contributed by atoms with Crippen molar-refractivity contribution in [3.8, 4) is 0 Å². The molecule has 0 unspecified atom stereocenters. The Balaban J connectivity index is 2.55. The second-order valence-corrected chi connectivity index (χ2v) is 2.73. The van der Waals surface area contributed by atoms with Gasteiger partial charge in [-0.25, -0.2) is 4.98 Å². The van der Waals surface area contributed by atoms with Crippen LogP contribution in [-0.2, 0) is 11.3 Å². The van der Waals surface area contributed by atoms with Gasteiger partial charge in [0, 0.05) is 7.11 Å². The van der Waals surface area contributed by atoms with Crippen molar-refractivity contribution in [1.82, 2.24) is 4.98 Å². The van der Waals surface area contributed by atoms with E-state index < -0.39 is 0 Å². The van der Waals surface area contributed by atoms with Crippen LogP contribution in [0.1, 0.15) is 5.89 Å². The number of nitrogen functional groups attached to an aromatic ring is 1. The second-order valence-electron chi connectivity index (χ2n) is 2.73. The molecule has 68 valence electrons. The predicted molar refractivity (Wildman–Crippen MR) is 49.1 cm³/mol. The zero-order chi connectivity index (χ0) is 9.26. The number of fused-ring (bicyclic) bond motifs is 1. The molecule has 0 saturated carbocycles. The van der Waals surface area contributed by atoms with Crippen LogP contribution in [0.25, 0.3) is 11.1 Å². The van der Waals surface area contributed by atoms with E-state index in [-0.39, 0.29) is 0 Å². The van der Waals surface area contributed by atoms with Crippen LogP contribution in [0, 0.1) is 0 Å². The smallest absolute Gasteiger partial charge is 0.221 e. The van der Waals surface area contributed by atoms with Gasteiger partial charge in [-0.2, -0.15) is 0 Å². The van der Waals surface area contributed by atoms with Gasteiger partial charge in [0.05, 0.1) is 5.69 Å². The highest BCUT2D eigenvalue weighted by molar-refractivity contribution is 5.85. The van der Waals surface area contributed by atoms with Crippen molar-refractivity contribution in [2.75, 3.05) is 12.8 Å². The maximum atomic E-state index is 5.70. The summed E-state index contributed by atoms with van der Waals surface area (Å²) < 4.78 is 10.3. The largest absolute Gasteiger partial charge is 0.438 e. The van der Waals surface area contributed by atoms with Crippen LogP contribution in [0.2, 0.25) is 0 Å². The number of aromatic nitrogens is 1. The Morgan fingerprint density at radius 2 is 2.38 bits per heavy atom. The fraction of sp³-hybridized carbons (Fsp3) is 0.222. The molecule has 2 N–H and O–H groups in total. The summed E-state index contributed by atoms with van der Waals surface area (Å²) in [5.41, 5.74) is 7.73. The topological polar surface area (TPSA) is 61.3 Å². The van der Waals surface area contributed by atoms with E-state index in [1.165, 1.54) is 0 Å². The van der Waals surface area contributed by atoms with E-state index in [9.17, 15) is 0 Å². The quantitative estimate of drug-likeness (QED) is 0.709. The van der Waals surface area contributed by atoms with Gasteiger partial charge < -0.3 is 14.9 Å². The van der Waals surface area contributed by atoms with Gasteiger partial charge in [-0.3, -0.25) is 0 Å². The molecule has 1 aromatic carbocycles. The zero-order valence-electron chi connectivity index (χ0n) is 7.28. The van der Waals surface area contributed by atoms with Crippen LogP contribution in [0.5, 0.6) is 0 Å². The number of benzene rings is 1. The fourth-order valence-corrected chi connectivity index (χ4v) is 1.20. The van der Waals surface area contributed by atoms with Gasteiger partial charge in [-0.05, 0) is 12.1 Å². The number of para-hydroxylation sites is 1. The van der Waals surface area contributed by atoms with Crippen molar-refractivity contribution in [1.29, 1.82) is 0 Å². The van der Waals surface area contributed by atoms with Gasteiger partial charge in [-0.1, -0.05) is 6.07 Å². The maximum absolute atomic E-state index is 5.70. The summed E-state index contributed by atoms with van der Waals surface area (Å²) in [7, 11) is 1.60. The van der Waals surface area contributed by atoms with E-state index in [1.807, 2.05) is 12.1 Å². The second kappa shape index (κ2) is 3.06. The number of oxazole rings is 1. The first kappa shape index (κ1) is 8.07. The van der Waals surface area contributed by atoms with Crippen molar-refractivity contribution in [3.63, 3.8) is 0 Å². The van der Waals surface area contributed by atoms with Crippen molar-refractivity contribution < 1.29 is 9.15 Å². The van der Waals surface area contributed by atoms with Crippen LogP contribution in [0.3, 0.4) is 0 Å². The normalized spacial score (nSPS) is 10.8. The lowest BCUT2D eigenvalue weighted by molar-refractivity contribution is 0.161. The van der Waals surface area contributed by atoms with Crippen molar-refractivity contribution in [2.45, 2.75) is 6.61 Å². The minimum absolute atomic E-state index is 0.369. The molecule has 0 aliphatic carbocycles. The Labute approximate surface area is 75.3 Å². The summed E-state index contributed by atoms with van der Waals surface area (Å²) in [5, 5.41) is 0. The minimum atomic E-state index is 0.369. The van der Waals surface area contributed by atoms with Gasteiger partial charge >= 0.3 is 0 Å². The van der Waals surface area contributed by atoms with Crippen LogP contribution >= 0.6 is 0 Å². The number of methoxy groups -OCH3 is 1. The van der Waals surface area contributed by atoms with Crippen molar-refractivity contribution in [2.24, 2.45) is 0 Å².